The minimum Gasteiger partial charge on any atom is -0.344 e. The van der Waals surface area contributed by atoms with Crippen LogP contribution in [0.2, 0.25) is 0 Å². The number of alkyl halides is 3. The molecule has 4 aromatic rings. The van der Waals surface area contributed by atoms with E-state index in [9.17, 15) is 22.4 Å². The zero-order chi connectivity index (χ0) is 31.7. The van der Waals surface area contributed by atoms with Gasteiger partial charge in [0.25, 0.3) is 0 Å². The predicted octanol–water partition coefficient (Wildman–Crippen LogP) is 5.94. The highest BCUT2D eigenvalue weighted by Gasteiger charge is 2.34. The molecule has 0 radical (unpaired) electrons. The van der Waals surface area contributed by atoms with Gasteiger partial charge in [-0.2, -0.15) is 18.4 Å². The fourth-order valence-corrected chi connectivity index (χ4v) is 5.03. The molecule has 4 rings (SSSR count). The minimum atomic E-state index is -4.61. The van der Waals surface area contributed by atoms with Gasteiger partial charge in [0.05, 0.1) is 29.2 Å². The summed E-state index contributed by atoms with van der Waals surface area (Å²) in [6.07, 6.45) is -1.16. The Morgan fingerprint density at radius 3 is 2.48 bits per heavy atom. The largest absolute Gasteiger partial charge is 0.416 e. The number of nitriles is 1. The Labute approximate surface area is 257 Å². The Hall–Kier alpha value is -4.60. The predicted molar refractivity (Wildman–Crippen MR) is 163 cm³/mol. The quantitative estimate of drug-likeness (QED) is 0.149. The molecule has 44 heavy (non-hydrogen) atoms. The number of benzene rings is 3. The Morgan fingerprint density at radius 2 is 1.80 bits per heavy atom. The highest BCUT2D eigenvalue weighted by molar-refractivity contribution is 7.80. The van der Waals surface area contributed by atoms with Gasteiger partial charge in [0, 0.05) is 43.9 Å². The molecule has 0 bridgehead atoms. The lowest BCUT2D eigenvalue weighted by atomic mass is 9.95. The maximum absolute atomic E-state index is 14.4. The molecular formula is C32H30F4N6OS. The smallest absolute Gasteiger partial charge is 0.344 e. The van der Waals surface area contributed by atoms with Crippen LogP contribution in [0.5, 0.6) is 0 Å². The lowest BCUT2D eigenvalue weighted by Crippen LogP contribution is -2.41. The van der Waals surface area contributed by atoms with Crippen molar-refractivity contribution in [3.63, 3.8) is 0 Å². The molecule has 0 amide bonds. The standard InChI is InChI=1S/C32H30F4N6OS/c33-28-7-3-4-8-29(28)40-31(44)41(19-24-5-1-2-6-27(24)32(34,35)36)20-25(13-14-37)30(43)15-26-17-39-21-42(26)18-23-11-9-22(16-38)10-12-23/h1-12,17,21,25H,13-15,18-20,37H2,(H,40,44)/t25-/m0/s1. The van der Waals surface area contributed by atoms with Crippen LogP contribution in [0.25, 0.3) is 0 Å². The van der Waals surface area contributed by atoms with E-state index in [4.69, 9.17) is 23.2 Å². The van der Waals surface area contributed by atoms with E-state index < -0.39 is 23.5 Å². The average Bonchev–Trinajstić information content (AvgIpc) is 3.43. The first-order valence-electron chi connectivity index (χ1n) is 13.8. The summed E-state index contributed by atoms with van der Waals surface area (Å²) in [4.78, 5) is 19.3. The van der Waals surface area contributed by atoms with Crippen LogP contribution in [0.15, 0.2) is 85.3 Å². The number of ketones is 1. The van der Waals surface area contributed by atoms with Crippen molar-refractivity contribution >= 4 is 28.8 Å². The molecule has 7 nitrogen and oxygen atoms in total. The number of anilines is 1. The van der Waals surface area contributed by atoms with Gasteiger partial charge in [0.2, 0.25) is 0 Å². The summed E-state index contributed by atoms with van der Waals surface area (Å²) in [6, 6.07) is 20.0. The first-order chi connectivity index (χ1) is 21.1. The molecule has 0 aliphatic rings. The number of imidazole rings is 1. The Morgan fingerprint density at radius 1 is 1.09 bits per heavy atom. The van der Waals surface area contributed by atoms with Crippen molar-refractivity contribution in [3.8, 4) is 6.07 Å². The van der Waals surface area contributed by atoms with Crippen LogP contribution in [-0.4, -0.2) is 38.4 Å². The van der Waals surface area contributed by atoms with Crippen LogP contribution in [0, 0.1) is 23.1 Å². The van der Waals surface area contributed by atoms with Crippen LogP contribution in [0.4, 0.5) is 23.2 Å². The number of halogens is 4. The van der Waals surface area contributed by atoms with Crippen LogP contribution >= 0.6 is 12.2 Å². The van der Waals surface area contributed by atoms with Crippen molar-refractivity contribution < 1.29 is 22.4 Å². The lowest BCUT2D eigenvalue weighted by Gasteiger charge is -2.30. The zero-order valence-corrected chi connectivity index (χ0v) is 24.4. The highest BCUT2D eigenvalue weighted by Crippen LogP contribution is 2.33. The van der Waals surface area contributed by atoms with Crippen molar-refractivity contribution in [2.75, 3.05) is 18.4 Å². The molecule has 228 valence electrons. The molecule has 12 heteroatoms. The maximum Gasteiger partial charge on any atom is 0.416 e. The van der Waals surface area contributed by atoms with Crippen LogP contribution < -0.4 is 11.1 Å². The molecule has 0 saturated carbocycles. The molecule has 1 heterocycles. The van der Waals surface area contributed by atoms with E-state index in [2.05, 4.69) is 16.4 Å². The van der Waals surface area contributed by atoms with Gasteiger partial charge in [-0.3, -0.25) is 4.79 Å². The second kappa shape index (κ2) is 14.7. The summed E-state index contributed by atoms with van der Waals surface area (Å²) >= 11 is 5.56. The second-order valence-electron chi connectivity index (χ2n) is 10.2. The fraction of sp³-hybridized carbons (Fsp3) is 0.250. The molecule has 0 fully saturated rings. The van der Waals surface area contributed by atoms with Crippen LogP contribution in [0.3, 0.4) is 0 Å². The molecule has 1 atom stereocenters. The Balaban J connectivity index is 1.57. The summed E-state index contributed by atoms with van der Waals surface area (Å²) in [7, 11) is 0. The van der Waals surface area contributed by atoms with Gasteiger partial charge >= 0.3 is 6.18 Å². The Kier molecular flexibility index (Phi) is 10.8. The Bertz CT molecular complexity index is 1630. The molecule has 0 saturated heterocycles. The van der Waals surface area contributed by atoms with Gasteiger partial charge < -0.3 is 20.5 Å². The number of aromatic nitrogens is 2. The van der Waals surface area contributed by atoms with E-state index in [1.54, 1.807) is 30.7 Å². The summed E-state index contributed by atoms with van der Waals surface area (Å²) in [5.74, 6) is -1.48. The van der Waals surface area contributed by atoms with Crippen molar-refractivity contribution in [1.29, 1.82) is 5.26 Å². The average molecular weight is 623 g/mol. The number of carbonyl (C=O) groups is 1. The molecule has 0 aliphatic carbocycles. The molecule has 0 unspecified atom stereocenters. The van der Waals surface area contributed by atoms with E-state index in [0.717, 1.165) is 11.6 Å². The van der Waals surface area contributed by atoms with Gasteiger partial charge in [0.1, 0.15) is 11.6 Å². The van der Waals surface area contributed by atoms with Crippen LogP contribution in [-0.2, 0) is 30.5 Å². The topological polar surface area (TPSA) is 100.0 Å². The van der Waals surface area contributed by atoms with Crippen molar-refractivity contribution in [3.05, 3.63) is 119 Å². The number of carbonyl (C=O) groups excluding carboxylic acids is 1. The number of rotatable bonds is 12. The number of thiocarbonyl (C=S) groups is 1. The van der Waals surface area contributed by atoms with Crippen molar-refractivity contribution in [2.45, 2.75) is 32.1 Å². The summed E-state index contributed by atoms with van der Waals surface area (Å²) in [5, 5.41) is 11.8. The highest BCUT2D eigenvalue weighted by atomic mass is 32.1. The van der Waals surface area contributed by atoms with Gasteiger partial charge in [0.15, 0.2) is 5.11 Å². The number of nitrogens with one attached hydrogen (secondary N) is 1. The van der Waals surface area contributed by atoms with E-state index in [1.807, 2.05) is 16.7 Å². The van der Waals surface area contributed by atoms with Gasteiger partial charge in [-0.1, -0.05) is 42.5 Å². The maximum atomic E-state index is 14.4. The number of nitrogens with zero attached hydrogens (tertiary/aromatic N) is 4. The molecule has 0 aliphatic heterocycles. The number of nitrogens with two attached hydrogens (primary N) is 1. The molecule has 3 N–H and O–H groups in total. The van der Waals surface area contributed by atoms with E-state index in [-0.39, 0.29) is 54.6 Å². The van der Waals surface area contributed by atoms with Crippen molar-refractivity contribution in [1.82, 2.24) is 14.5 Å². The van der Waals surface area contributed by atoms with E-state index >= 15 is 0 Å². The normalized spacial score (nSPS) is 11.9. The molecule has 3 aromatic carbocycles. The molecular weight excluding hydrogens is 592 g/mol. The minimum absolute atomic E-state index is 0.00142. The third-order valence-electron chi connectivity index (χ3n) is 7.09. The molecule has 0 spiro atoms. The zero-order valence-electron chi connectivity index (χ0n) is 23.6. The first kappa shape index (κ1) is 32.3. The molecule has 1 aromatic heterocycles. The third kappa shape index (κ3) is 8.49. The summed E-state index contributed by atoms with van der Waals surface area (Å²) in [5.41, 5.74) is 7.14. The fourth-order valence-electron chi connectivity index (χ4n) is 4.78. The SMILES string of the molecule is N#Cc1ccc(Cn2cncc2CC(=O)[C@@H](CCN)CN(Cc2ccccc2C(F)(F)F)C(=S)Nc2ccccc2F)cc1. The number of hydrogen-bond donors (Lipinski definition) is 2. The van der Waals surface area contributed by atoms with Gasteiger partial charge in [-0.25, -0.2) is 9.37 Å². The second-order valence-corrected chi connectivity index (χ2v) is 10.6. The number of para-hydroxylation sites is 1. The van der Waals surface area contributed by atoms with Gasteiger partial charge in [-0.15, -0.1) is 0 Å². The third-order valence-corrected chi connectivity index (χ3v) is 7.45. The van der Waals surface area contributed by atoms with Crippen molar-refractivity contribution in [2.24, 2.45) is 11.7 Å². The lowest BCUT2D eigenvalue weighted by molar-refractivity contribution is -0.138. The van der Waals surface area contributed by atoms with Gasteiger partial charge in [-0.05, 0) is 66.6 Å². The summed E-state index contributed by atoms with van der Waals surface area (Å²) < 4.78 is 57.8. The number of hydrogen-bond acceptors (Lipinski definition) is 5. The number of Topliss-reactive ketones (excluding diaryl/α,β-unsaturated/α-hetero) is 1. The first-order valence-corrected chi connectivity index (χ1v) is 14.2. The monoisotopic (exact) mass is 622 g/mol. The van der Waals surface area contributed by atoms with E-state index in [1.165, 1.54) is 41.3 Å². The summed E-state index contributed by atoms with van der Waals surface area (Å²) in [6.45, 7) is 0.251. The van der Waals surface area contributed by atoms with E-state index in [0.29, 0.717) is 17.8 Å². The van der Waals surface area contributed by atoms with Crippen LogP contribution in [0.1, 0.15) is 34.4 Å².